The van der Waals surface area contributed by atoms with E-state index in [2.05, 4.69) is 15.9 Å². The molecule has 0 fully saturated rings. The number of rotatable bonds is 3. The summed E-state index contributed by atoms with van der Waals surface area (Å²) < 4.78 is 0.848. The second-order valence-corrected chi connectivity index (χ2v) is 5.10. The molecule has 1 atom stereocenters. The number of amides is 1. The van der Waals surface area contributed by atoms with Gasteiger partial charge in [0, 0.05) is 23.4 Å². The zero-order valence-electron chi connectivity index (χ0n) is 7.96. The molecule has 1 aromatic rings. The maximum Gasteiger partial charge on any atom is 0.265 e. The minimum Gasteiger partial charge on any atom is -0.337 e. The maximum atomic E-state index is 11.9. The smallest absolute Gasteiger partial charge is 0.265 e. The van der Waals surface area contributed by atoms with Crippen molar-refractivity contribution in [2.75, 3.05) is 12.9 Å². The second-order valence-electron chi connectivity index (χ2n) is 3.02. The van der Waals surface area contributed by atoms with E-state index in [1.54, 1.807) is 11.9 Å². The van der Waals surface area contributed by atoms with E-state index in [4.69, 9.17) is 11.6 Å². The van der Waals surface area contributed by atoms with Crippen molar-refractivity contribution in [3.8, 4) is 0 Å². The zero-order chi connectivity index (χ0) is 10.7. The molecule has 0 saturated heterocycles. The van der Waals surface area contributed by atoms with Gasteiger partial charge in [-0.25, -0.2) is 0 Å². The Labute approximate surface area is 101 Å². The summed E-state index contributed by atoms with van der Waals surface area (Å²) >= 11 is 10.5. The second kappa shape index (κ2) is 5.14. The van der Waals surface area contributed by atoms with Crippen LogP contribution >= 0.6 is 38.9 Å². The Kier molecular flexibility index (Phi) is 4.41. The fourth-order valence-corrected chi connectivity index (χ4v) is 2.64. The highest BCUT2D eigenvalue weighted by atomic mass is 79.9. The van der Waals surface area contributed by atoms with Crippen LogP contribution in [0.15, 0.2) is 15.9 Å². The van der Waals surface area contributed by atoms with E-state index in [-0.39, 0.29) is 11.9 Å². The summed E-state index contributed by atoms with van der Waals surface area (Å²) in [6, 6.07) is 1.93. The Balaban J connectivity index is 2.81. The molecule has 0 radical (unpaired) electrons. The Morgan fingerprint density at radius 2 is 2.43 bits per heavy atom. The summed E-state index contributed by atoms with van der Waals surface area (Å²) in [6.45, 7) is 1.92. The molecule has 1 aromatic heterocycles. The average molecular weight is 297 g/mol. The number of nitrogens with zero attached hydrogens (tertiary/aromatic N) is 1. The van der Waals surface area contributed by atoms with Crippen LogP contribution in [0, 0.1) is 0 Å². The molecule has 0 N–H and O–H groups in total. The molecule has 0 bridgehead atoms. The predicted molar refractivity (Wildman–Crippen MR) is 64.3 cm³/mol. The summed E-state index contributed by atoms with van der Waals surface area (Å²) in [5.74, 6) is 0.464. The Morgan fingerprint density at radius 3 is 2.86 bits per heavy atom. The molecular formula is C9H11BrClNOS. The van der Waals surface area contributed by atoms with Gasteiger partial charge in [0.15, 0.2) is 0 Å². The van der Waals surface area contributed by atoms with Crippen molar-refractivity contribution >= 4 is 44.8 Å². The molecule has 0 spiro atoms. The van der Waals surface area contributed by atoms with Gasteiger partial charge in [0.25, 0.3) is 5.91 Å². The lowest BCUT2D eigenvalue weighted by molar-refractivity contribution is 0.0761. The maximum absolute atomic E-state index is 11.9. The van der Waals surface area contributed by atoms with E-state index in [1.165, 1.54) is 11.3 Å². The van der Waals surface area contributed by atoms with Crippen molar-refractivity contribution in [2.24, 2.45) is 0 Å². The molecule has 0 aliphatic carbocycles. The van der Waals surface area contributed by atoms with Gasteiger partial charge in [-0.05, 0) is 34.3 Å². The first-order chi connectivity index (χ1) is 6.57. The average Bonchev–Trinajstić information content (AvgIpc) is 2.61. The van der Waals surface area contributed by atoms with E-state index < -0.39 is 0 Å². The Morgan fingerprint density at radius 1 is 1.79 bits per heavy atom. The Hall–Kier alpha value is -0.0600. The largest absolute Gasteiger partial charge is 0.337 e. The minimum atomic E-state index is 0.0139. The number of alkyl halides is 1. The quantitative estimate of drug-likeness (QED) is 0.784. The van der Waals surface area contributed by atoms with Crippen molar-refractivity contribution in [2.45, 2.75) is 13.0 Å². The summed E-state index contributed by atoms with van der Waals surface area (Å²) in [7, 11) is 1.77. The van der Waals surface area contributed by atoms with Gasteiger partial charge in [-0.1, -0.05) is 0 Å². The van der Waals surface area contributed by atoms with Crippen LogP contribution in [0.25, 0.3) is 0 Å². The molecule has 1 heterocycles. The van der Waals surface area contributed by atoms with E-state index in [1.807, 2.05) is 18.4 Å². The zero-order valence-corrected chi connectivity index (χ0v) is 11.1. The first-order valence-electron chi connectivity index (χ1n) is 4.14. The lowest BCUT2D eigenvalue weighted by atomic mass is 10.3. The molecule has 5 heteroatoms. The van der Waals surface area contributed by atoms with Crippen LogP contribution < -0.4 is 0 Å². The monoisotopic (exact) mass is 295 g/mol. The third kappa shape index (κ3) is 2.49. The molecule has 1 unspecified atom stereocenters. The van der Waals surface area contributed by atoms with E-state index in [9.17, 15) is 4.79 Å². The molecular weight excluding hydrogens is 286 g/mol. The highest BCUT2D eigenvalue weighted by Crippen LogP contribution is 2.24. The fraction of sp³-hybridized carbons (Fsp3) is 0.444. The van der Waals surface area contributed by atoms with Gasteiger partial charge in [0.2, 0.25) is 0 Å². The number of carbonyl (C=O) groups is 1. The minimum absolute atomic E-state index is 0.0139. The van der Waals surface area contributed by atoms with Gasteiger partial charge >= 0.3 is 0 Å². The third-order valence-corrected chi connectivity index (χ3v) is 4.29. The van der Waals surface area contributed by atoms with Crippen molar-refractivity contribution in [1.82, 2.24) is 4.90 Å². The topological polar surface area (TPSA) is 20.3 Å². The fourth-order valence-electron chi connectivity index (χ4n) is 0.910. The summed E-state index contributed by atoms with van der Waals surface area (Å²) in [6.07, 6.45) is 0. The van der Waals surface area contributed by atoms with Crippen molar-refractivity contribution in [3.63, 3.8) is 0 Å². The van der Waals surface area contributed by atoms with Gasteiger partial charge in [0.05, 0.1) is 0 Å². The van der Waals surface area contributed by atoms with Gasteiger partial charge in [-0.2, -0.15) is 0 Å². The number of hydrogen-bond acceptors (Lipinski definition) is 2. The lowest BCUT2D eigenvalue weighted by Gasteiger charge is -2.22. The first-order valence-corrected chi connectivity index (χ1v) is 6.34. The standard InChI is InChI=1S/C9H11BrClNOS/c1-6(5-11)12(2)9(13)8-7(10)3-4-14-8/h3-4,6H,5H2,1-2H3. The normalized spacial score (nSPS) is 12.6. The van der Waals surface area contributed by atoms with Crippen LogP contribution in [-0.4, -0.2) is 29.8 Å². The number of carbonyl (C=O) groups excluding carboxylic acids is 1. The molecule has 1 amide bonds. The van der Waals surface area contributed by atoms with Gasteiger partial charge in [0.1, 0.15) is 4.88 Å². The SMILES string of the molecule is CC(CCl)N(C)C(=O)c1sccc1Br. The van der Waals surface area contributed by atoms with E-state index in [0.717, 1.165) is 9.35 Å². The van der Waals surface area contributed by atoms with Crippen LogP contribution in [0.3, 0.4) is 0 Å². The highest BCUT2D eigenvalue weighted by Gasteiger charge is 2.19. The van der Waals surface area contributed by atoms with Crippen molar-refractivity contribution < 1.29 is 4.79 Å². The highest BCUT2D eigenvalue weighted by molar-refractivity contribution is 9.10. The van der Waals surface area contributed by atoms with Crippen LogP contribution in [-0.2, 0) is 0 Å². The van der Waals surface area contributed by atoms with Gasteiger partial charge in [-0.15, -0.1) is 22.9 Å². The number of thiophene rings is 1. The molecule has 2 nitrogen and oxygen atoms in total. The molecule has 0 saturated carbocycles. The molecule has 0 aliphatic rings. The number of hydrogen-bond donors (Lipinski definition) is 0. The molecule has 1 rings (SSSR count). The van der Waals surface area contributed by atoms with Gasteiger partial charge < -0.3 is 4.90 Å². The van der Waals surface area contributed by atoms with Crippen LogP contribution in [0.5, 0.6) is 0 Å². The van der Waals surface area contributed by atoms with Crippen molar-refractivity contribution in [1.29, 1.82) is 0 Å². The summed E-state index contributed by atoms with van der Waals surface area (Å²) in [4.78, 5) is 14.3. The van der Waals surface area contributed by atoms with E-state index >= 15 is 0 Å². The lowest BCUT2D eigenvalue weighted by Crippen LogP contribution is -2.35. The molecule has 0 aliphatic heterocycles. The Bertz CT molecular complexity index is 328. The molecule has 78 valence electrons. The third-order valence-electron chi connectivity index (χ3n) is 2.02. The summed E-state index contributed by atoms with van der Waals surface area (Å²) in [5.41, 5.74) is 0. The van der Waals surface area contributed by atoms with Crippen LogP contribution in [0.2, 0.25) is 0 Å². The van der Waals surface area contributed by atoms with E-state index in [0.29, 0.717) is 5.88 Å². The van der Waals surface area contributed by atoms with Crippen molar-refractivity contribution in [3.05, 3.63) is 20.8 Å². The number of halogens is 2. The van der Waals surface area contributed by atoms with Crippen LogP contribution in [0.4, 0.5) is 0 Å². The predicted octanol–water partition coefficient (Wildman–Crippen LogP) is 3.21. The molecule has 14 heavy (non-hydrogen) atoms. The first kappa shape index (κ1) is 12.0. The van der Waals surface area contributed by atoms with Crippen LogP contribution in [0.1, 0.15) is 16.6 Å². The van der Waals surface area contributed by atoms with Gasteiger partial charge in [-0.3, -0.25) is 4.79 Å². The summed E-state index contributed by atoms with van der Waals surface area (Å²) in [5, 5.41) is 1.89. The molecule has 0 aromatic carbocycles.